The monoisotopic (exact) mass is 255 g/mol. The first-order valence-electron chi connectivity index (χ1n) is 5.73. The number of hydrogen-bond acceptors (Lipinski definition) is 3. The number of benzene rings is 1. The van der Waals surface area contributed by atoms with Crippen molar-refractivity contribution >= 4 is 23.5 Å². The van der Waals surface area contributed by atoms with Gasteiger partial charge in [0.1, 0.15) is 0 Å². The van der Waals surface area contributed by atoms with Crippen LogP contribution in [0.25, 0.3) is 0 Å². The minimum Gasteiger partial charge on any atom is -0.309 e. The summed E-state index contributed by atoms with van der Waals surface area (Å²) in [7, 11) is 0. The van der Waals surface area contributed by atoms with E-state index in [2.05, 4.69) is 49.7 Å². The van der Waals surface area contributed by atoms with Crippen LogP contribution in [-0.2, 0) is 0 Å². The number of hydrogen-bond donors (Lipinski definition) is 1. The topological polar surface area (TPSA) is 12.0 Å². The lowest BCUT2D eigenvalue weighted by Gasteiger charge is -2.17. The molecule has 0 saturated heterocycles. The van der Waals surface area contributed by atoms with Gasteiger partial charge in [-0.05, 0) is 30.6 Å². The number of rotatable bonds is 7. The van der Waals surface area contributed by atoms with Crippen molar-refractivity contribution < 1.29 is 0 Å². The normalized spacial score (nSPS) is 12.7. The lowest BCUT2D eigenvalue weighted by molar-refractivity contribution is 0.593. The maximum Gasteiger partial charge on any atom is 0.0303 e. The summed E-state index contributed by atoms with van der Waals surface area (Å²) in [6.45, 7) is 5.52. The highest BCUT2D eigenvalue weighted by Crippen LogP contribution is 2.26. The predicted molar refractivity (Wildman–Crippen MR) is 77.6 cm³/mol. The highest BCUT2D eigenvalue weighted by atomic mass is 32.2. The molecule has 0 bridgehead atoms. The van der Waals surface area contributed by atoms with E-state index >= 15 is 0 Å². The van der Waals surface area contributed by atoms with Gasteiger partial charge in [-0.2, -0.15) is 11.8 Å². The Morgan fingerprint density at radius 2 is 2.06 bits per heavy atom. The van der Waals surface area contributed by atoms with E-state index in [-0.39, 0.29) is 0 Å². The Labute approximate surface area is 108 Å². The first kappa shape index (κ1) is 13.9. The molecule has 1 rings (SSSR count). The van der Waals surface area contributed by atoms with Gasteiger partial charge in [0.05, 0.1) is 0 Å². The molecule has 0 spiro atoms. The van der Waals surface area contributed by atoms with Crippen molar-refractivity contribution in [2.45, 2.75) is 24.8 Å². The molecule has 1 aromatic carbocycles. The van der Waals surface area contributed by atoms with Crippen LogP contribution < -0.4 is 5.32 Å². The van der Waals surface area contributed by atoms with E-state index in [0.29, 0.717) is 6.04 Å². The SMILES string of the molecule is CCSc1ccccc1C(C)NCCSC. The van der Waals surface area contributed by atoms with Gasteiger partial charge in [-0.25, -0.2) is 0 Å². The first-order valence-corrected chi connectivity index (χ1v) is 8.11. The Bertz CT molecular complexity index is 302. The van der Waals surface area contributed by atoms with Gasteiger partial charge >= 0.3 is 0 Å². The molecule has 0 radical (unpaired) electrons. The summed E-state index contributed by atoms with van der Waals surface area (Å²) >= 11 is 3.81. The van der Waals surface area contributed by atoms with Crippen LogP contribution in [0.5, 0.6) is 0 Å². The molecule has 3 heteroatoms. The van der Waals surface area contributed by atoms with Crippen molar-refractivity contribution in [3.8, 4) is 0 Å². The van der Waals surface area contributed by atoms with Crippen molar-refractivity contribution in [3.05, 3.63) is 29.8 Å². The van der Waals surface area contributed by atoms with Crippen LogP contribution in [0.15, 0.2) is 29.2 Å². The zero-order valence-electron chi connectivity index (χ0n) is 10.3. The quantitative estimate of drug-likeness (QED) is 0.588. The minimum atomic E-state index is 0.447. The van der Waals surface area contributed by atoms with Crippen LogP contribution in [0, 0.1) is 0 Å². The van der Waals surface area contributed by atoms with Gasteiger partial charge in [0.15, 0.2) is 0 Å². The van der Waals surface area contributed by atoms with Crippen LogP contribution in [0.4, 0.5) is 0 Å². The summed E-state index contributed by atoms with van der Waals surface area (Å²) in [4.78, 5) is 1.41. The van der Waals surface area contributed by atoms with Gasteiger partial charge in [0.2, 0.25) is 0 Å². The van der Waals surface area contributed by atoms with Crippen LogP contribution in [-0.4, -0.2) is 24.3 Å². The van der Waals surface area contributed by atoms with E-state index in [0.717, 1.165) is 12.3 Å². The molecule has 90 valence electrons. The predicted octanol–water partition coefficient (Wildman–Crippen LogP) is 3.81. The molecule has 1 unspecified atom stereocenters. The highest BCUT2D eigenvalue weighted by Gasteiger charge is 2.08. The largest absolute Gasteiger partial charge is 0.309 e. The fourth-order valence-electron chi connectivity index (χ4n) is 1.61. The molecular formula is C13H21NS2. The maximum atomic E-state index is 3.56. The summed E-state index contributed by atoms with van der Waals surface area (Å²) in [5.74, 6) is 2.31. The average molecular weight is 255 g/mol. The third-order valence-electron chi connectivity index (χ3n) is 2.44. The van der Waals surface area contributed by atoms with Gasteiger partial charge in [0.25, 0.3) is 0 Å². The van der Waals surface area contributed by atoms with Crippen molar-refractivity contribution in [2.75, 3.05) is 24.3 Å². The van der Waals surface area contributed by atoms with Crippen molar-refractivity contribution in [1.29, 1.82) is 0 Å². The summed E-state index contributed by atoms with van der Waals surface area (Å²) in [5, 5.41) is 3.56. The van der Waals surface area contributed by atoms with E-state index in [1.54, 1.807) is 0 Å². The molecule has 1 atom stereocenters. The van der Waals surface area contributed by atoms with Crippen molar-refractivity contribution in [1.82, 2.24) is 5.32 Å². The fourth-order valence-corrected chi connectivity index (χ4v) is 2.83. The van der Waals surface area contributed by atoms with E-state index in [9.17, 15) is 0 Å². The fraction of sp³-hybridized carbons (Fsp3) is 0.538. The molecule has 0 aromatic heterocycles. The highest BCUT2D eigenvalue weighted by molar-refractivity contribution is 7.99. The zero-order chi connectivity index (χ0) is 11.8. The van der Waals surface area contributed by atoms with Crippen LogP contribution in [0.2, 0.25) is 0 Å². The Kier molecular flexibility index (Phi) is 7.01. The molecule has 1 nitrogen and oxygen atoms in total. The summed E-state index contributed by atoms with van der Waals surface area (Å²) in [5.41, 5.74) is 1.43. The molecule has 1 aromatic rings. The summed E-state index contributed by atoms with van der Waals surface area (Å²) in [6, 6.07) is 9.14. The molecule has 0 aliphatic heterocycles. The van der Waals surface area contributed by atoms with E-state index in [4.69, 9.17) is 0 Å². The second kappa shape index (κ2) is 8.04. The van der Waals surface area contributed by atoms with Gasteiger partial charge in [0, 0.05) is 23.2 Å². The molecule has 0 heterocycles. The van der Waals surface area contributed by atoms with Gasteiger partial charge in [-0.15, -0.1) is 11.8 Å². The molecular weight excluding hydrogens is 234 g/mol. The Hall–Kier alpha value is -0.120. The third-order valence-corrected chi connectivity index (χ3v) is 4.03. The lowest BCUT2D eigenvalue weighted by atomic mass is 10.1. The Morgan fingerprint density at radius 3 is 2.75 bits per heavy atom. The van der Waals surface area contributed by atoms with Gasteiger partial charge in [-0.1, -0.05) is 25.1 Å². The zero-order valence-corrected chi connectivity index (χ0v) is 12.0. The van der Waals surface area contributed by atoms with Crippen molar-refractivity contribution in [2.24, 2.45) is 0 Å². The van der Waals surface area contributed by atoms with E-state index in [1.165, 1.54) is 16.2 Å². The maximum absolute atomic E-state index is 3.56. The molecule has 0 saturated carbocycles. The van der Waals surface area contributed by atoms with Gasteiger partial charge in [-0.3, -0.25) is 0 Å². The second-order valence-electron chi connectivity index (χ2n) is 3.64. The smallest absolute Gasteiger partial charge is 0.0303 e. The summed E-state index contributed by atoms with van der Waals surface area (Å²) < 4.78 is 0. The lowest BCUT2D eigenvalue weighted by Crippen LogP contribution is -2.21. The minimum absolute atomic E-state index is 0.447. The summed E-state index contributed by atoms with van der Waals surface area (Å²) in [6.07, 6.45) is 2.15. The third kappa shape index (κ3) is 4.40. The first-order chi connectivity index (χ1) is 7.79. The standard InChI is InChI=1S/C13H21NS2/c1-4-16-13-8-6-5-7-12(13)11(2)14-9-10-15-3/h5-8,11,14H,4,9-10H2,1-3H3. The van der Waals surface area contributed by atoms with Crippen molar-refractivity contribution in [3.63, 3.8) is 0 Å². The molecule has 1 N–H and O–H groups in total. The molecule has 0 aliphatic rings. The Morgan fingerprint density at radius 1 is 1.31 bits per heavy atom. The van der Waals surface area contributed by atoms with Crippen LogP contribution in [0.1, 0.15) is 25.5 Å². The molecule has 0 fully saturated rings. The average Bonchev–Trinajstić information content (AvgIpc) is 2.30. The van der Waals surface area contributed by atoms with E-state index < -0.39 is 0 Å². The Balaban J connectivity index is 2.62. The number of thioether (sulfide) groups is 2. The molecule has 0 amide bonds. The van der Waals surface area contributed by atoms with Gasteiger partial charge < -0.3 is 5.32 Å². The van der Waals surface area contributed by atoms with Crippen LogP contribution in [0.3, 0.4) is 0 Å². The van der Waals surface area contributed by atoms with Crippen LogP contribution >= 0.6 is 23.5 Å². The van der Waals surface area contributed by atoms with E-state index in [1.807, 2.05) is 23.5 Å². The molecule has 16 heavy (non-hydrogen) atoms. The second-order valence-corrected chi connectivity index (χ2v) is 5.93. The molecule has 0 aliphatic carbocycles. The number of nitrogens with one attached hydrogen (secondary N) is 1.